The number of halogens is 2. The van der Waals surface area contributed by atoms with Crippen LogP contribution >= 0.6 is 0 Å². The molecule has 0 fully saturated rings. The summed E-state index contributed by atoms with van der Waals surface area (Å²) in [6.45, 7) is 0. The van der Waals surface area contributed by atoms with E-state index in [1.807, 2.05) is 0 Å². The SMILES string of the molecule is O=C(O)c1c[nH]c2cc(F)cc(F)c2c1=O. The minimum absolute atomic E-state index is 0.0764. The van der Waals surface area contributed by atoms with E-state index in [2.05, 4.69) is 4.98 Å². The highest BCUT2D eigenvalue weighted by molar-refractivity contribution is 5.92. The molecule has 2 rings (SSSR count). The maximum absolute atomic E-state index is 13.3. The predicted molar refractivity (Wildman–Crippen MR) is 51.4 cm³/mol. The number of carboxylic acid groups (broad SMARTS) is 1. The van der Waals surface area contributed by atoms with E-state index in [4.69, 9.17) is 5.11 Å². The Balaban J connectivity index is 2.95. The van der Waals surface area contributed by atoms with Crippen LogP contribution in [0, 0.1) is 11.6 Å². The number of nitrogens with one attached hydrogen (secondary N) is 1. The van der Waals surface area contributed by atoms with Crippen molar-refractivity contribution >= 4 is 16.9 Å². The Bertz CT molecular complexity index is 648. The number of hydrogen-bond donors (Lipinski definition) is 2. The van der Waals surface area contributed by atoms with E-state index in [0.29, 0.717) is 6.07 Å². The van der Waals surface area contributed by atoms with Gasteiger partial charge in [-0.15, -0.1) is 0 Å². The third-order valence-electron chi connectivity index (χ3n) is 2.13. The van der Waals surface area contributed by atoms with Crippen LogP contribution in [0.25, 0.3) is 10.9 Å². The highest BCUT2D eigenvalue weighted by atomic mass is 19.1. The zero-order chi connectivity index (χ0) is 11.9. The summed E-state index contributed by atoms with van der Waals surface area (Å²) in [6.07, 6.45) is 0.909. The monoisotopic (exact) mass is 225 g/mol. The van der Waals surface area contributed by atoms with Gasteiger partial charge in [-0.1, -0.05) is 0 Å². The molecule has 2 N–H and O–H groups in total. The fraction of sp³-hybridized carbons (Fsp3) is 0. The Morgan fingerprint density at radius 3 is 2.62 bits per heavy atom. The van der Waals surface area contributed by atoms with Gasteiger partial charge in [-0.2, -0.15) is 0 Å². The largest absolute Gasteiger partial charge is 0.477 e. The zero-order valence-corrected chi connectivity index (χ0v) is 7.75. The highest BCUT2D eigenvalue weighted by Crippen LogP contribution is 2.14. The molecule has 0 atom stereocenters. The first-order valence-corrected chi connectivity index (χ1v) is 4.24. The normalized spacial score (nSPS) is 10.6. The lowest BCUT2D eigenvalue weighted by atomic mass is 10.1. The van der Waals surface area contributed by atoms with Gasteiger partial charge >= 0.3 is 5.97 Å². The number of H-pyrrole nitrogens is 1. The second-order valence-corrected chi connectivity index (χ2v) is 3.15. The molecule has 0 spiro atoms. The second kappa shape index (κ2) is 3.41. The first kappa shape index (κ1) is 10.3. The fourth-order valence-electron chi connectivity index (χ4n) is 1.43. The van der Waals surface area contributed by atoms with E-state index in [-0.39, 0.29) is 5.52 Å². The van der Waals surface area contributed by atoms with Crippen LogP contribution in [0.5, 0.6) is 0 Å². The Labute approximate surface area is 87.1 Å². The van der Waals surface area contributed by atoms with Crippen molar-refractivity contribution in [3.63, 3.8) is 0 Å². The van der Waals surface area contributed by atoms with Gasteiger partial charge in [-0.05, 0) is 6.07 Å². The third-order valence-corrected chi connectivity index (χ3v) is 2.13. The lowest BCUT2D eigenvalue weighted by molar-refractivity contribution is 0.0695. The zero-order valence-electron chi connectivity index (χ0n) is 7.75. The van der Waals surface area contributed by atoms with Gasteiger partial charge in [0.25, 0.3) is 0 Å². The van der Waals surface area contributed by atoms with Crippen LogP contribution in [0.2, 0.25) is 0 Å². The summed E-state index contributed by atoms with van der Waals surface area (Å²) in [5.74, 6) is -3.39. The van der Waals surface area contributed by atoms with Crippen molar-refractivity contribution in [3.05, 3.63) is 45.8 Å². The van der Waals surface area contributed by atoms with Crippen LogP contribution in [0.4, 0.5) is 8.78 Å². The minimum Gasteiger partial charge on any atom is -0.477 e. The maximum atomic E-state index is 13.3. The van der Waals surface area contributed by atoms with E-state index in [9.17, 15) is 18.4 Å². The standard InChI is InChI=1S/C10H5F2NO3/c11-4-1-6(12)8-7(2-4)13-3-5(9(8)14)10(15)16/h1-3H,(H,13,14)(H,15,16). The summed E-state index contributed by atoms with van der Waals surface area (Å²) < 4.78 is 26.1. The van der Waals surface area contributed by atoms with Crippen molar-refractivity contribution in [1.29, 1.82) is 0 Å². The quantitative estimate of drug-likeness (QED) is 0.772. The first-order chi connectivity index (χ1) is 7.50. The van der Waals surface area contributed by atoms with E-state index < -0.39 is 34.0 Å². The molecule has 0 saturated carbocycles. The molecular formula is C10H5F2NO3. The molecule has 1 heterocycles. The van der Waals surface area contributed by atoms with Gasteiger partial charge in [0.1, 0.15) is 17.2 Å². The van der Waals surface area contributed by atoms with Crippen LogP contribution in [0.3, 0.4) is 0 Å². The Kier molecular flexibility index (Phi) is 2.19. The third kappa shape index (κ3) is 1.44. The van der Waals surface area contributed by atoms with E-state index in [1.54, 1.807) is 0 Å². The average molecular weight is 225 g/mol. The Morgan fingerprint density at radius 2 is 2.00 bits per heavy atom. The molecule has 82 valence electrons. The number of aromatic amines is 1. The predicted octanol–water partition coefficient (Wildman–Crippen LogP) is 1.50. The number of aromatic carboxylic acids is 1. The summed E-state index contributed by atoms with van der Waals surface area (Å²) in [6, 6.07) is 1.45. The lowest BCUT2D eigenvalue weighted by Gasteiger charge is -2.01. The highest BCUT2D eigenvalue weighted by Gasteiger charge is 2.15. The smallest absolute Gasteiger partial charge is 0.341 e. The summed E-state index contributed by atoms with van der Waals surface area (Å²) in [5, 5.41) is 8.20. The van der Waals surface area contributed by atoms with Crippen molar-refractivity contribution in [2.75, 3.05) is 0 Å². The molecular weight excluding hydrogens is 220 g/mol. The number of benzene rings is 1. The summed E-state index contributed by atoms with van der Waals surface area (Å²) in [7, 11) is 0. The molecule has 1 aromatic heterocycles. The molecule has 4 nitrogen and oxygen atoms in total. The number of carbonyl (C=O) groups is 1. The molecule has 1 aromatic carbocycles. The summed E-state index contributed by atoms with van der Waals surface area (Å²) in [4.78, 5) is 24.5. The number of fused-ring (bicyclic) bond motifs is 1. The van der Waals surface area contributed by atoms with Gasteiger partial charge in [-0.25, -0.2) is 13.6 Å². The van der Waals surface area contributed by atoms with E-state index in [0.717, 1.165) is 12.3 Å². The topological polar surface area (TPSA) is 70.2 Å². The van der Waals surface area contributed by atoms with E-state index in [1.165, 1.54) is 0 Å². The molecule has 2 aromatic rings. The van der Waals surface area contributed by atoms with Crippen molar-refractivity contribution < 1.29 is 18.7 Å². The molecule has 0 amide bonds. The van der Waals surface area contributed by atoms with Gasteiger partial charge in [-0.3, -0.25) is 4.79 Å². The van der Waals surface area contributed by atoms with Gasteiger partial charge in [0.2, 0.25) is 5.43 Å². The first-order valence-electron chi connectivity index (χ1n) is 4.24. The van der Waals surface area contributed by atoms with Crippen molar-refractivity contribution in [2.24, 2.45) is 0 Å². The number of aromatic nitrogens is 1. The van der Waals surface area contributed by atoms with Gasteiger partial charge < -0.3 is 10.1 Å². The number of carboxylic acids is 1. The molecule has 0 radical (unpaired) electrons. The summed E-state index contributed by atoms with van der Waals surface area (Å²) >= 11 is 0. The van der Waals surface area contributed by atoms with Gasteiger partial charge in [0, 0.05) is 12.3 Å². The Morgan fingerprint density at radius 1 is 1.31 bits per heavy atom. The molecule has 0 saturated heterocycles. The molecule has 0 unspecified atom stereocenters. The van der Waals surface area contributed by atoms with Crippen LogP contribution in [0.1, 0.15) is 10.4 Å². The number of pyridine rings is 1. The fourth-order valence-corrected chi connectivity index (χ4v) is 1.43. The van der Waals surface area contributed by atoms with E-state index >= 15 is 0 Å². The van der Waals surface area contributed by atoms with Crippen molar-refractivity contribution in [2.45, 2.75) is 0 Å². The van der Waals surface area contributed by atoms with Crippen molar-refractivity contribution in [3.8, 4) is 0 Å². The molecule has 0 aliphatic carbocycles. The van der Waals surface area contributed by atoms with Crippen LogP contribution in [-0.2, 0) is 0 Å². The molecule has 0 aliphatic rings. The molecule has 0 bridgehead atoms. The summed E-state index contributed by atoms with van der Waals surface area (Å²) in [5.41, 5.74) is -1.63. The number of rotatable bonds is 1. The molecule has 6 heteroatoms. The average Bonchev–Trinajstić information content (AvgIpc) is 2.15. The van der Waals surface area contributed by atoms with Crippen LogP contribution < -0.4 is 5.43 Å². The number of hydrogen-bond acceptors (Lipinski definition) is 2. The molecule has 0 aliphatic heterocycles. The van der Waals surface area contributed by atoms with Gasteiger partial charge in [0.15, 0.2) is 0 Å². The second-order valence-electron chi connectivity index (χ2n) is 3.15. The lowest BCUT2D eigenvalue weighted by Crippen LogP contribution is -2.16. The minimum atomic E-state index is -1.47. The molecule has 16 heavy (non-hydrogen) atoms. The van der Waals surface area contributed by atoms with Gasteiger partial charge in [0.05, 0.1) is 10.9 Å². The van der Waals surface area contributed by atoms with Crippen LogP contribution in [0.15, 0.2) is 23.1 Å². The maximum Gasteiger partial charge on any atom is 0.341 e. The van der Waals surface area contributed by atoms with Crippen molar-refractivity contribution in [1.82, 2.24) is 4.98 Å². The Hall–Kier alpha value is -2.24. The van der Waals surface area contributed by atoms with Crippen LogP contribution in [-0.4, -0.2) is 16.1 Å².